The first-order valence-corrected chi connectivity index (χ1v) is 9.44. The number of ether oxygens (including phenoxy) is 1. The Hall–Kier alpha value is -2.58. The smallest absolute Gasteiger partial charge is 0.321 e. The Kier molecular flexibility index (Phi) is 4.91. The molecule has 8 heteroatoms. The largest absolute Gasteiger partial charge is 0.455 e. The number of benzene rings is 2. The van der Waals surface area contributed by atoms with Crippen LogP contribution in [0, 0.1) is 0 Å². The maximum absolute atomic E-state index is 12.4. The van der Waals surface area contributed by atoms with Crippen LogP contribution < -0.4 is 15.2 Å². The van der Waals surface area contributed by atoms with E-state index in [0.29, 0.717) is 30.2 Å². The van der Waals surface area contributed by atoms with Crippen molar-refractivity contribution >= 4 is 21.7 Å². The van der Waals surface area contributed by atoms with Crippen molar-refractivity contribution in [3.8, 4) is 11.5 Å². The average molecular weight is 361 g/mol. The summed E-state index contributed by atoms with van der Waals surface area (Å²) < 4.78 is 28.6. The van der Waals surface area contributed by atoms with E-state index in [-0.39, 0.29) is 12.6 Å². The lowest BCUT2D eigenvalue weighted by Gasteiger charge is -2.18. The number of anilines is 1. The lowest BCUT2D eigenvalue weighted by molar-refractivity contribution is 0.222. The van der Waals surface area contributed by atoms with Gasteiger partial charge in [0.1, 0.15) is 5.75 Å². The molecular formula is C17H19N3O4S. The highest BCUT2D eigenvalue weighted by Crippen LogP contribution is 2.29. The zero-order valence-electron chi connectivity index (χ0n) is 13.5. The highest BCUT2D eigenvalue weighted by Gasteiger charge is 2.33. The topological polar surface area (TPSA) is 102 Å². The number of sulfonamides is 1. The number of amides is 2. The van der Waals surface area contributed by atoms with E-state index in [1.165, 1.54) is 4.90 Å². The summed E-state index contributed by atoms with van der Waals surface area (Å²) in [5.41, 5.74) is 0.510. The Morgan fingerprint density at radius 3 is 2.48 bits per heavy atom. The molecule has 1 aliphatic rings. The molecule has 7 nitrogen and oxygen atoms in total. The first-order chi connectivity index (χ1) is 11.9. The standard InChI is InChI=1S/C17H19N3O4S/c18-25(22,23)14-10-11-20(12-14)17(21)19-15-8-4-5-9-16(15)24-13-6-2-1-3-7-13/h1-9,14H,10-12H2,(H,19,21)(H2,18,22,23). The van der Waals surface area contributed by atoms with Crippen molar-refractivity contribution in [1.82, 2.24) is 4.90 Å². The van der Waals surface area contributed by atoms with Crippen LogP contribution in [0.4, 0.5) is 10.5 Å². The third kappa shape index (κ3) is 4.28. The minimum absolute atomic E-state index is 0.0897. The van der Waals surface area contributed by atoms with Crippen LogP contribution in [0.25, 0.3) is 0 Å². The maximum Gasteiger partial charge on any atom is 0.321 e. The molecule has 0 aromatic heterocycles. The number of likely N-dealkylation sites (tertiary alicyclic amines) is 1. The van der Waals surface area contributed by atoms with Gasteiger partial charge in [-0.25, -0.2) is 18.4 Å². The predicted molar refractivity (Wildman–Crippen MR) is 95.1 cm³/mol. The van der Waals surface area contributed by atoms with Gasteiger partial charge in [-0.3, -0.25) is 0 Å². The Balaban J connectivity index is 1.70. The fourth-order valence-corrected chi connectivity index (χ4v) is 3.47. The number of rotatable bonds is 4. The molecule has 25 heavy (non-hydrogen) atoms. The molecule has 2 aromatic rings. The van der Waals surface area contributed by atoms with Crippen LogP contribution in [-0.4, -0.2) is 37.7 Å². The number of para-hydroxylation sites is 3. The van der Waals surface area contributed by atoms with Gasteiger partial charge in [0.2, 0.25) is 10.0 Å². The second-order valence-electron chi connectivity index (χ2n) is 5.79. The molecule has 2 aromatic carbocycles. The van der Waals surface area contributed by atoms with Crippen molar-refractivity contribution < 1.29 is 17.9 Å². The number of nitrogens with zero attached hydrogens (tertiary/aromatic N) is 1. The van der Waals surface area contributed by atoms with E-state index in [1.807, 2.05) is 30.3 Å². The Bertz CT molecular complexity index is 855. The molecule has 1 unspecified atom stereocenters. The fourth-order valence-electron chi connectivity index (χ4n) is 2.65. The summed E-state index contributed by atoms with van der Waals surface area (Å²) >= 11 is 0. The van der Waals surface area contributed by atoms with Gasteiger partial charge in [-0.15, -0.1) is 0 Å². The molecule has 1 atom stereocenters. The molecule has 0 radical (unpaired) electrons. The molecule has 1 fully saturated rings. The van der Waals surface area contributed by atoms with Crippen LogP contribution in [0.5, 0.6) is 11.5 Å². The summed E-state index contributed by atoms with van der Waals surface area (Å²) in [7, 11) is -3.64. The molecule has 1 aliphatic heterocycles. The molecule has 3 N–H and O–H groups in total. The van der Waals surface area contributed by atoms with Crippen LogP contribution >= 0.6 is 0 Å². The summed E-state index contributed by atoms with van der Waals surface area (Å²) in [6, 6.07) is 15.9. The van der Waals surface area contributed by atoms with E-state index in [0.717, 1.165) is 0 Å². The summed E-state index contributed by atoms with van der Waals surface area (Å²) in [6.45, 7) is 0.432. The second kappa shape index (κ2) is 7.12. The number of urea groups is 1. The van der Waals surface area contributed by atoms with Gasteiger partial charge in [0.25, 0.3) is 0 Å². The normalized spacial score (nSPS) is 17.3. The molecule has 0 aliphatic carbocycles. The summed E-state index contributed by atoms with van der Waals surface area (Å²) in [4.78, 5) is 13.9. The Morgan fingerprint density at radius 2 is 1.80 bits per heavy atom. The highest BCUT2D eigenvalue weighted by molar-refractivity contribution is 7.89. The number of carbonyl (C=O) groups excluding carboxylic acids is 1. The van der Waals surface area contributed by atoms with Gasteiger partial charge in [0.05, 0.1) is 10.9 Å². The Morgan fingerprint density at radius 1 is 1.12 bits per heavy atom. The Labute approximate surface area is 146 Å². The third-order valence-electron chi connectivity index (χ3n) is 4.00. The summed E-state index contributed by atoms with van der Waals surface area (Å²) in [5.74, 6) is 1.16. The predicted octanol–water partition coefficient (Wildman–Crippen LogP) is 2.37. The van der Waals surface area contributed by atoms with Crippen molar-refractivity contribution in [1.29, 1.82) is 0 Å². The van der Waals surface area contributed by atoms with E-state index in [2.05, 4.69) is 5.32 Å². The van der Waals surface area contributed by atoms with Gasteiger partial charge in [-0.05, 0) is 30.7 Å². The lowest BCUT2D eigenvalue weighted by Crippen LogP contribution is -2.36. The van der Waals surface area contributed by atoms with Gasteiger partial charge >= 0.3 is 6.03 Å². The molecule has 2 amide bonds. The van der Waals surface area contributed by atoms with E-state index in [1.54, 1.807) is 24.3 Å². The molecule has 0 bridgehead atoms. The second-order valence-corrected chi connectivity index (χ2v) is 7.63. The van der Waals surface area contributed by atoms with Crippen LogP contribution in [0.1, 0.15) is 6.42 Å². The summed E-state index contributed by atoms with van der Waals surface area (Å²) in [6.07, 6.45) is 0.342. The van der Waals surface area contributed by atoms with Crippen LogP contribution in [-0.2, 0) is 10.0 Å². The van der Waals surface area contributed by atoms with Gasteiger partial charge in [0.15, 0.2) is 5.75 Å². The fraction of sp³-hybridized carbons (Fsp3) is 0.235. The molecule has 0 spiro atoms. The molecule has 0 saturated carbocycles. The lowest BCUT2D eigenvalue weighted by atomic mass is 10.3. The van der Waals surface area contributed by atoms with E-state index < -0.39 is 15.3 Å². The van der Waals surface area contributed by atoms with Crippen molar-refractivity contribution in [3.05, 3.63) is 54.6 Å². The van der Waals surface area contributed by atoms with Crippen molar-refractivity contribution in [2.75, 3.05) is 18.4 Å². The van der Waals surface area contributed by atoms with E-state index in [4.69, 9.17) is 9.88 Å². The van der Waals surface area contributed by atoms with E-state index >= 15 is 0 Å². The van der Waals surface area contributed by atoms with Crippen molar-refractivity contribution in [2.24, 2.45) is 5.14 Å². The number of carbonyl (C=O) groups is 1. The summed E-state index contributed by atoms with van der Waals surface area (Å²) in [5, 5.41) is 7.22. The third-order valence-corrected chi connectivity index (χ3v) is 5.31. The zero-order chi connectivity index (χ0) is 17.9. The van der Waals surface area contributed by atoms with Crippen LogP contribution in [0.15, 0.2) is 54.6 Å². The van der Waals surface area contributed by atoms with Gasteiger partial charge in [0, 0.05) is 13.1 Å². The maximum atomic E-state index is 12.4. The SMILES string of the molecule is NS(=O)(=O)C1CCN(C(=O)Nc2ccccc2Oc2ccccc2)C1. The first-order valence-electron chi connectivity index (χ1n) is 7.83. The average Bonchev–Trinajstić information content (AvgIpc) is 3.08. The van der Waals surface area contributed by atoms with Crippen molar-refractivity contribution in [2.45, 2.75) is 11.7 Å². The highest BCUT2D eigenvalue weighted by atomic mass is 32.2. The molecule has 1 heterocycles. The van der Waals surface area contributed by atoms with E-state index in [9.17, 15) is 13.2 Å². The molecule has 132 valence electrons. The van der Waals surface area contributed by atoms with Gasteiger partial charge in [-0.1, -0.05) is 30.3 Å². The number of primary sulfonamides is 1. The molecular weight excluding hydrogens is 342 g/mol. The molecule has 3 rings (SSSR count). The number of nitrogens with one attached hydrogen (secondary N) is 1. The van der Waals surface area contributed by atoms with Crippen LogP contribution in [0.3, 0.4) is 0 Å². The number of hydrogen-bond acceptors (Lipinski definition) is 4. The molecule has 1 saturated heterocycles. The van der Waals surface area contributed by atoms with Gasteiger partial charge in [-0.2, -0.15) is 0 Å². The first kappa shape index (κ1) is 17.2. The monoisotopic (exact) mass is 361 g/mol. The number of nitrogens with two attached hydrogens (primary N) is 1. The quantitative estimate of drug-likeness (QED) is 0.873. The zero-order valence-corrected chi connectivity index (χ0v) is 14.3. The minimum atomic E-state index is -3.64. The van der Waals surface area contributed by atoms with Gasteiger partial charge < -0.3 is 15.0 Å². The van der Waals surface area contributed by atoms with Crippen molar-refractivity contribution in [3.63, 3.8) is 0 Å². The minimum Gasteiger partial charge on any atom is -0.455 e. The number of hydrogen-bond donors (Lipinski definition) is 2. The van der Waals surface area contributed by atoms with Crippen LogP contribution in [0.2, 0.25) is 0 Å².